The summed E-state index contributed by atoms with van der Waals surface area (Å²) in [7, 11) is -4.05. The largest absolute Gasteiger partial charge is 0.365 e. The molecule has 1 saturated carbocycles. The van der Waals surface area contributed by atoms with Crippen LogP contribution in [0.5, 0.6) is 0 Å². The standard InChI is InChI=1S/C22H24F2N8O3S2/c1-4-22(5-6-22)29-37(34,35)14-11-15(30-7-9-31(10-8-30)21(33)13(2)3)17-25-26-18(32(17)12-14)20-28-27-19(36-20)16(23)24/h1,11-13,16,29H,5-10H2,2-3H3. The molecule has 15 heteroatoms. The third-order valence-electron chi connectivity index (χ3n) is 6.37. The van der Waals surface area contributed by atoms with Gasteiger partial charge in [-0.1, -0.05) is 31.1 Å². The normalized spacial score (nSPS) is 17.5. The van der Waals surface area contributed by atoms with Crippen LogP contribution in [-0.2, 0) is 14.8 Å². The van der Waals surface area contributed by atoms with Crippen molar-refractivity contribution in [1.82, 2.24) is 34.4 Å². The van der Waals surface area contributed by atoms with Gasteiger partial charge in [-0.05, 0) is 18.9 Å². The van der Waals surface area contributed by atoms with Crippen molar-refractivity contribution in [1.29, 1.82) is 0 Å². The van der Waals surface area contributed by atoms with Gasteiger partial charge < -0.3 is 9.80 Å². The van der Waals surface area contributed by atoms with E-state index in [0.717, 1.165) is 0 Å². The van der Waals surface area contributed by atoms with Crippen LogP contribution in [0.4, 0.5) is 14.5 Å². The zero-order chi connectivity index (χ0) is 26.5. The average molecular weight is 551 g/mol. The number of anilines is 1. The van der Waals surface area contributed by atoms with Crippen molar-refractivity contribution in [2.24, 2.45) is 5.92 Å². The summed E-state index contributed by atoms with van der Waals surface area (Å²) in [6, 6.07) is 1.49. The van der Waals surface area contributed by atoms with Gasteiger partial charge in [-0.15, -0.1) is 26.8 Å². The number of rotatable bonds is 7. The molecule has 0 atom stereocenters. The highest BCUT2D eigenvalue weighted by Gasteiger charge is 2.45. The third kappa shape index (κ3) is 4.76. The van der Waals surface area contributed by atoms with Gasteiger partial charge >= 0.3 is 0 Å². The summed E-state index contributed by atoms with van der Waals surface area (Å²) in [5.74, 6) is 2.51. The molecule has 0 spiro atoms. The summed E-state index contributed by atoms with van der Waals surface area (Å²) in [6.45, 7) is 5.47. The van der Waals surface area contributed by atoms with Crippen LogP contribution in [0.1, 0.15) is 38.1 Å². The Balaban J connectivity index is 1.57. The number of pyridine rings is 1. The Morgan fingerprint density at radius 3 is 2.43 bits per heavy atom. The Bertz CT molecular complexity index is 1500. The summed E-state index contributed by atoms with van der Waals surface area (Å²) in [5.41, 5.74) is -0.120. The van der Waals surface area contributed by atoms with Crippen LogP contribution in [-0.4, -0.2) is 75.7 Å². The number of hydrogen-bond donors (Lipinski definition) is 1. The first-order chi connectivity index (χ1) is 17.5. The van der Waals surface area contributed by atoms with Crippen molar-refractivity contribution in [2.45, 2.75) is 43.5 Å². The monoisotopic (exact) mass is 550 g/mol. The van der Waals surface area contributed by atoms with E-state index in [0.29, 0.717) is 61.7 Å². The lowest BCUT2D eigenvalue weighted by Crippen LogP contribution is -2.50. The molecule has 2 aliphatic rings. The molecule has 0 radical (unpaired) electrons. The number of aromatic nitrogens is 5. The van der Waals surface area contributed by atoms with Crippen molar-refractivity contribution >= 4 is 38.6 Å². The van der Waals surface area contributed by atoms with Crippen LogP contribution in [0.15, 0.2) is 17.2 Å². The van der Waals surface area contributed by atoms with Gasteiger partial charge in [0.15, 0.2) is 21.5 Å². The van der Waals surface area contributed by atoms with Gasteiger partial charge in [-0.3, -0.25) is 9.20 Å². The molecule has 0 bridgehead atoms. The minimum atomic E-state index is -4.05. The summed E-state index contributed by atoms with van der Waals surface area (Å²) < 4.78 is 57.0. The maximum Gasteiger partial charge on any atom is 0.291 e. The number of sulfonamides is 1. The van der Waals surface area contributed by atoms with Crippen LogP contribution in [0.2, 0.25) is 0 Å². The highest BCUT2D eigenvalue weighted by molar-refractivity contribution is 7.89. The summed E-state index contributed by atoms with van der Waals surface area (Å²) in [4.78, 5) is 16.0. The van der Waals surface area contributed by atoms with Crippen molar-refractivity contribution in [3.63, 3.8) is 0 Å². The molecule has 0 unspecified atom stereocenters. The van der Waals surface area contributed by atoms with Gasteiger partial charge in [-0.2, -0.15) is 4.72 Å². The van der Waals surface area contributed by atoms with Crippen LogP contribution in [0.3, 0.4) is 0 Å². The fourth-order valence-electron chi connectivity index (χ4n) is 4.14. The molecule has 1 amide bonds. The van der Waals surface area contributed by atoms with Gasteiger partial charge in [0.05, 0.1) is 11.2 Å². The van der Waals surface area contributed by atoms with E-state index >= 15 is 0 Å². The number of amides is 1. The van der Waals surface area contributed by atoms with Gasteiger partial charge in [-0.25, -0.2) is 17.2 Å². The Hall–Kier alpha value is -3.22. The number of nitrogens with one attached hydrogen (secondary N) is 1. The van der Waals surface area contributed by atoms with Gasteiger partial charge in [0.2, 0.25) is 15.9 Å². The summed E-state index contributed by atoms with van der Waals surface area (Å²) >= 11 is 0.653. The second kappa shape index (κ2) is 9.26. The molecular formula is C22H24F2N8O3S2. The number of carbonyl (C=O) groups excluding carboxylic acids is 1. The van der Waals surface area contributed by atoms with Crippen molar-refractivity contribution < 1.29 is 22.0 Å². The lowest BCUT2D eigenvalue weighted by atomic mass is 10.1. The maximum absolute atomic E-state index is 13.3. The fraction of sp³-hybridized carbons (Fsp3) is 0.500. The Labute approximate surface area is 215 Å². The van der Waals surface area contributed by atoms with Crippen LogP contribution in [0, 0.1) is 18.3 Å². The van der Waals surface area contributed by atoms with E-state index in [1.165, 1.54) is 16.7 Å². The number of nitrogens with zero attached hydrogens (tertiary/aromatic N) is 7. The molecule has 1 saturated heterocycles. The Morgan fingerprint density at radius 1 is 1.16 bits per heavy atom. The molecule has 2 fully saturated rings. The molecule has 1 aliphatic heterocycles. The minimum absolute atomic E-state index is 0.0465. The number of halogens is 2. The van der Waals surface area contributed by atoms with Crippen molar-refractivity contribution in [3.05, 3.63) is 17.3 Å². The molecular weight excluding hydrogens is 526 g/mol. The van der Waals surface area contributed by atoms with E-state index in [1.54, 1.807) is 4.90 Å². The highest BCUT2D eigenvalue weighted by Crippen LogP contribution is 2.37. The first-order valence-electron chi connectivity index (χ1n) is 11.6. The lowest BCUT2D eigenvalue weighted by Gasteiger charge is -2.37. The zero-order valence-electron chi connectivity index (χ0n) is 20.1. The molecule has 0 aromatic carbocycles. The molecule has 3 aromatic heterocycles. The third-order valence-corrected chi connectivity index (χ3v) is 8.80. The predicted molar refractivity (Wildman–Crippen MR) is 132 cm³/mol. The Kier molecular flexibility index (Phi) is 6.37. The summed E-state index contributed by atoms with van der Waals surface area (Å²) in [5, 5.41) is 15.3. The molecule has 1 aliphatic carbocycles. The van der Waals surface area contributed by atoms with E-state index in [-0.39, 0.29) is 27.6 Å². The van der Waals surface area contributed by atoms with Crippen LogP contribution in [0.25, 0.3) is 16.5 Å². The van der Waals surface area contributed by atoms with E-state index in [2.05, 4.69) is 31.0 Å². The van der Waals surface area contributed by atoms with Crippen molar-refractivity contribution in [2.75, 3.05) is 31.1 Å². The first-order valence-corrected chi connectivity index (χ1v) is 13.9. The maximum atomic E-state index is 13.3. The van der Waals surface area contributed by atoms with E-state index in [1.807, 2.05) is 18.7 Å². The number of terminal acetylenes is 1. The lowest BCUT2D eigenvalue weighted by molar-refractivity contribution is -0.134. The number of carbonyl (C=O) groups is 1. The molecule has 5 rings (SSSR count). The Morgan fingerprint density at radius 2 is 1.86 bits per heavy atom. The molecule has 196 valence electrons. The second-order valence-electron chi connectivity index (χ2n) is 9.32. The predicted octanol–water partition coefficient (Wildman–Crippen LogP) is 1.93. The van der Waals surface area contributed by atoms with Gasteiger partial charge in [0.1, 0.15) is 4.90 Å². The first kappa shape index (κ1) is 25.4. The van der Waals surface area contributed by atoms with Crippen molar-refractivity contribution in [3.8, 4) is 23.2 Å². The van der Waals surface area contributed by atoms with E-state index < -0.39 is 27.0 Å². The second-order valence-corrected chi connectivity index (χ2v) is 12.0. The highest BCUT2D eigenvalue weighted by atomic mass is 32.2. The zero-order valence-corrected chi connectivity index (χ0v) is 21.7. The van der Waals surface area contributed by atoms with Crippen LogP contribution >= 0.6 is 11.3 Å². The molecule has 4 heterocycles. The number of hydrogen-bond acceptors (Lipinski definition) is 9. The van der Waals surface area contributed by atoms with Gasteiger partial charge in [0, 0.05) is 38.3 Å². The number of piperazine rings is 1. The topological polar surface area (TPSA) is 126 Å². The number of alkyl halides is 2. The SMILES string of the molecule is C#CC1(NS(=O)(=O)c2cc(N3CCN(C(=O)C(C)C)CC3)c3nnc(-c4nnc(C(F)F)s4)n3c2)CC1. The molecule has 37 heavy (non-hydrogen) atoms. The van der Waals surface area contributed by atoms with E-state index in [4.69, 9.17) is 6.42 Å². The van der Waals surface area contributed by atoms with Crippen LogP contribution < -0.4 is 9.62 Å². The average Bonchev–Trinajstić information content (AvgIpc) is 3.26. The quantitative estimate of drug-likeness (QED) is 0.443. The molecule has 11 nitrogen and oxygen atoms in total. The summed E-state index contributed by atoms with van der Waals surface area (Å²) in [6.07, 6.45) is 5.13. The van der Waals surface area contributed by atoms with Gasteiger partial charge in [0.25, 0.3) is 6.43 Å². The van der Waals surface area contributed by atoms with E-state index in [9.17, 15) is 22.0 Å². The minimum Gasteiger partial charge on any atom is -0.365 e. The molecule has 3 aromatic rings. The smallest absolute Gasteiger partial charge is 0.291 e. The fourth-order valence-corrected chi connectivity index (χ4v) is 6.23. The molecule has 1 N–H and O–H groups in total. The number of fused-ring (bicyclic) bond motifs is 1.